The van der Waals surface area contributed by atoms with E-state index in [1.165, 1.54) is 0 Å². The van der Waals surface area contributed by atoms with Crippen molar-refractivity contribution in [1.29, 1.82) is 0 Å². The normalized spacial score (nSPS) is 17.9. The maximum Gasteiger partial charge on any atom is 0.208 e. The molecular formula is C24H26N2O3. The summed E-state index contributed by atoms with van der Waals surface area (Å²) < 4.78 is 0. The van der Waals surface area contributed by atoms with Gasteiger partial charge in [-0.15, -0.1) is 0 Å². The van der Waals surface area contributed by atoms with Gasteiger partial charge in [0.25, 0.3) is 0 Å². The third-order valence-electron chi connectivity index (χ3n) is 5.42. The van der Waals surface area contributed by atoms with Crippen LogP contribution in [-0.2, 0) is 0 Å². The van der Waals surface area contributed by atoms with Crippen LogP contribution in [0.3, 0.4) is 0 Å². The highest BCUT2D eigenvalue weighted by molar-refractivity contribution is 5.78. The van der Waals surface area contributed by atoms with Crippen molar-refractivity contribution in [3.05, 3.63) is 95.6 Å². The quantitative estimate of drug-likeness (QED) is 0.602. The second-order valence-corrected chi connectivity index (χ2v) is 7.50. The summed E-state index contributed by atoms with van der Waals surface area (Å²) in [6, 6.07) is 24.8. The number of benzene rings is 3. The number of hydrogen-bond acceptors (Lipinski definition) is 5. The monoisotopic (exact) mass is 390 g/mol. The third kappa shape index (κ3) is 3.98. The SMILES string of the molecule is Cc1ccc2c(c1)N(CC(O)c1ccccc1)C(O)N2CC(O)c1ccccc1. The first-order valence-corrected chi connectivity index (χ1v) is 9.82. The first-order valence-electron chi connectivity index (χ1n) is 9.82. The van der Waals surface area contributed by atoms with Crippen molar-refractivity contribution in [3.63, 3.8) is 0 Å². The topological polar surface area (TPSA) is 67.2 Å². The first-order chi connectivity index (χ1) is 14.0. The second-order valence-electron chi connectivity index (χ2n) is 7.50. The van der Waals surface area contributed by atoms with Gasteiger partial charge in [0, 0.05) is 0 Å². The van der Waals surface area contributed by atoms with Gasteiger partial charge in [-0.2, -0.15) is 0 Å². The fraction of sp³-hybridized carbons (Fsp3) is 0.250. The summed E-state index contributed by atoms with van der Waals surface area (Å²) in [6.07, 6.45) is -2.44. The van der Waals surface area contributed by atoms with E-state index in [0.717, 1.165) is 28.1 Å². The maximum absolute atomic E-state index is 11.1. The fourth-order valence-corrected chi connectivity index (χ4v) is 3.84. The molecule has 1 heterocycles. The van der Waals surface area contributed by atoms with Crippen LogP contribution in [0.1, 0.15) is 28.9 Å². The molecule has 3 atom stereocenters. The van der Waals surface area contributed by atoms with Crippen LogP contribution in [0.15, 0.2) is 78.9 Å². The molecule has 0 fully saturated rings. The van der Waals surface area contributed by atoms with Crippen molar-refractivity contribution in [2.45, 2.75) is 25.5 Å². The number of β-amino-alcohol motifs (C(OH)–C–C–N with tert-alkyl or cyclic N) is 2. The average Bonchev–Trinajstić information content (AvgIpc) is 3.00. The van der Waals surface area contributed by atoms with Gasteiger partial charge in [0.05, 0.1) is 36.7 Å². The van der Waals surface area contributed by atoms with Crippen LogP contribution in [0.2, 0.25) is 0 Å². The van der Waals surface area contributed by atoms with Gasteiger partial charge < -0.3 is 25.1 Å². The van der Waals surface area contributed by atoms with Crippen molar-refractivity contribution in [2.75, 3.05) is 22.9 Å². The summed E-state index contributed by atoms with van der Waals surface area (Å²) in [5.41, 5.74) is 4.37. The Kier molecular flexibility index (Phi) is 5.53. The molecule has 0 aliphatic carbocycles. The Labute approximate surface area is 171 Å². The van der Waals surface area contributed by atoms with Gasteiger partial charge >= 0.3 is 0 Å². The van der Waals surface area contributed by atoms with Gasteiger partial charge in [-0.05, 0) is 35.7 Å². The zero-order valence-corrected chi connectivity index (χ0v) is 16.4. The Hall–Kier alpha value is -2.86. The lowest BCUT2D eigenvalue weighted by Crippen LogP contribution is -2.46. The molecule has 1 aliphatic heterocycles. The largest absolute Gasteiger partial charge is 0.387 e. The number of aliphatic hydroxyl groups is 3. The molecule has 0 spiro atoms. The minimum atomic E-state index is -0.969. The molecule has 3 aromatic carbocycles. The van der Waals surface area contributed by atoms with E-state index < -0.39 is 18.6 Å². The average molecular weight is 390 g/mol. The summed E-state index contributed by atoms with van der Waals surface area (Å²) in [7, 11) is 0. The standard InChI is InChI=1S/C24H26N2O3/c1-17-12-13-20-21(14-17)26(16-23(28)19-10-6-3-7-11-19)24(29)25(20)15-22(27)18-8-4-2-5-9-18/h2-14,22-24,27-29H,15-16H2,1H3. The highest BCUT2D eigenvalue weighted by atomic mass is 16.3. The molecule has 0 saturated carbocycles. The molecular weight excluding hydrogens is 364 g/mol. The predicted octanol–water partition coefficient (Wildman–Crippen LogP) is 3.36. The molecule has 0 saturated heterocycles. The van der Waals surface area contributed by atoms with Gasteiger partial charge in [0.15, 0.2) is 0 Å². The summed E-state index contributed by atoms with van der Waals surface area (Å²) in [5, 5.41) is 32.5. The highest BCUT2D eigenvalue weighted by Gasteiger charge is 2.36. The van der Waals surface area contributed by atoms with Crippen molar-refractivity contribution >= 4 is 11.4 Å². The molecule has 0 amide bonds. The fourth-order valence-electron chi connectivity index (χ4n) is 3.84. The number of rotatable bonds is 6. The van der Waals surface area contributed by atoms with Crippen molar-refractivity contribution < 1.29 is 15.3 Å². The third-order valence-corrected chi connectivity index (χ3v) is 5.42. The zero-order chi connectivity index (χ0) is 20.4. The number of hydrogen-bond donors (Lipinski definition) is 3. The Morgan fingerprint density at radius 2 is 1.21 bits per heavy atom. The molecule has 150 valence electrons. The molecule has 0 bridgehead atoms. The molecule has 0 radical (unpaired) electrons. The molecule has 1 aliphatic rings. The van der Waals surface area contributed by atoms with Crippen LogP contribution in [0.4, 0.5) is 11.4 Å². The van der Waals surface area contributed by atoms with Gasteiger partial charge in [-0.1, -0.05) is 66.7 Å². The molecule has 3 unspecified atom stereocenters. The van der Waals surface area contributed by atoms with Crippen LogP contribution in [-0.4, -0.2) is 34.8 Å². The Bertz CT molecular complexity index is 949. The molecule has 4 rings (SSSR count). The molecule has 29 heavy (non-hydrogen) atoms. The molecule has 3 N–H and O–H groups in total. The van der Waals surface area contributed by atoms with Crippen LogP contribution in [0, 0.1) is 6.92 Å². The zero-order valence-electron chi connectivity index (χ0n) is 16.4. The van der Waals surface area contributed by atoms with E-state index >= 15 is 0 Å². The number of aryl methyl sites for hydroxylation is 1. The van der Waals surface area contributed by atoms with Gasteiger partial charge in [-0.25, -0.2) is 0 Å². The number of fused-ring (bicyclic) bond motifs is 1. The Morgan fingerprint density at radius 1 is 0.724 bits per heavy atom. The van der Waals surface area contributed by atoms with E-state index in [1.807, 2.05) is 85.8 Å². The minimum Gasteiger partial charge on any atom is -0.387 e. The van der Waals surface area contributed by atoms with Crippen molar-refractivity contribution in [3.8, 4) is 0 Å². The second kappa shape index (κ2) is 8.25. The summed E-state index contributed by atoms with van der Waals surface area (Å²) in [5.74, 6) is 0. The van der Waals surface area contributed by atoms with E-state index in [1.54, 1.807) is 9.80 Å². The van der Waals surface area contributed by atoms with Crippen molar-refractivity contribution in [2.24, 2.45) is 0 Å². The predicted molar refractivity (Wildman–Crippen MR) is 115 cm³/mol. The van der Waals surface area contributed by atoms with Gasteiger partial charge in [0.2, 0.25) is 6.35 Å². The highest BCUT2D eigenvalue weighted by Crippen LogP contribution is 2.41. The van der Waals surface area contributed by atoms with Crippen LogP contribution in [0.5, 0.6) is 0 Å². The Morgan fingerprint density at radius 3 is 1.72 bits per heavy atom. The Balaban J connectivity index is 1.60. The molecule has 0 aromatic heterocycles. The lowest BCUT2D eigenvalue weighted by atomic mass is 10.1. The molecule has 5 nitrogen and oxygen atoms in total. The first kappa shape index (κ1) is 19.5. The van der Waals surface area contributed by atoms with E-state index in [0.29, 0.717) is 0 Å². The smallest absolute Gasteiger partial charge is 0.208 e. The number of aliphatic hydroxyl groups excluding tert-OH is 3. The van der Waals surface area contributed by atoms with Crippen LogP contribution >= 0.6 is 0 Å². The van der Waals surface area contributed by atoms with Crippen molar-refractivity contribution in [1.82, 2.24) is 0 Å². The van der Waals surface area contributed by atoms with E-state index in [-0.39, 0.29) is 13.1 Å². The maximum atomic E-state index is 11.1. The van der Waals surface area contributed by atoms with Gasteiger partial charge in [-0.3, -0.25) is 0 Å². The summed E-state index contributed by atoms with van der Waals surface area (Å²) in [4.78, 5) is 3.57. The number of anilines is 2. The molecule has 5 heteroatoms. The molecule has 3 aromatic rings. The number of nitrogens with zero attached hydrogens (tertiary/aromatic N) is 2. The summed E-state index contributed by atoms with van der Waals surface area (Å²) in [6.45, 7) is 2.50. The van der Waals surface area contributed by atoms with E-state index in [9.17, 15) is 15.3 Å². The van der Waals surface area contributed by atoms with E-state index in [4.69, 9.17) is 0 Å². The van der Waals surface area contributed by atoms with Crippen LogP contribution < -0.4 is 9.80 Å². The minimum absolute atomic E-state index is 0.249. The lowest BCUT2D eigenvalue weighted by molar-refractivity contribution is 0.118. The van der Waals surface area contributed by atoms with E-state index in [2.05, 4.69) is 0 Å². The van der Waals surface area contributed by atoms with Gasteiger partial charge in [0.1, 0.15) is 0 Å². The van der Waals surface area contributed by atoms with Crippen LogP contribution in [0.25, 0.3) is 0 Å². The lowest BCUT2D eigenvalue weighted by Gasteiger charge is -2.31. The summed E-state index contributed by atoms with van der Waals surface area (Å²) >= 11 is 0.